The molecule has 0 bridgehead atoms. The Hall–Kier alpha value is -2.22. The fraction of sp³-hybridized carbons (Fsp3) is 0.771. The van der Waals surface area contributed by atoms with Crippen molar-refractivity contribution in [1.29, 1.82) is 5.26 Å². The molecule has 3 unspecified atom stereocenters. The summed E-state index contributed by atoms with van der Waals surface area (Å²) in [5.74, 6) is 0.548. The lowest BCUT2D eigenvalue weighted by molar-refractivity contribution is -0.173. The van der Waals surface area contributed by atoms with Gasteiger partial charge in [0, 0.05) is 29.7 Å². The number of allylic oxidation sites excluding steroid dienone is 4. The minimum atomic E-state index is -0.647. The molecule has 0 aromatic rings. The Balaban J connectivity index is 1.62. The third-order valence-electron chi connectivity index (χ3n) is 13.3. The van der Waals surface area contributed by atoms with E-state index < -0.39 is 10.8 Å². The van der Waals surface area contributed by atoms with Gasteiger partial charge in [-0.1, -0.05) is 60.1 Å². The minimum absolute atomic E-state index is 0.0242. The number of hydrogen-bond donors (Lipinski definition) is 1. The van der Waals surface area contributed by atoms with E-state index in [4.69, 9.17) is 0 Å². The van der Waals surface area contributed by atoms with E-state index in [2.05, 4.69) is 46.0 Å². The summed E-state index contributed by atoms with van der Waals surface area (Å²) in [5.41, 5.74) is 0.0402. The van der Waals surface area contributed by atoms with Crippen LogP contribution in [0.25, 0.3) is 0 Å². The zero-order chi connectivity index (χ0) is 29.5. The topological polar surface area (TPSA) is 87.0 Å². The number of nitrogens with zero attached hydrogens (tertiary/aromatic N) is 1. The van der Waals surface area contributed by atoms with E-state index in [1.165, 1.54) is 0 Å². The van der Waals surface area contributed by atoms with Crippen LogP contribution in [0, 0.1) is 61.6 Å². The SMILES string of the molecule is CCNC(=O)CC[C@]12CCC(C)(C)CC1C1C(=O)C=C3[C@@]4(C)C=C(C#N)C(=O)C(C)(C)C4CC[C@@]3(C)[C@]1(C)CC2. The number of amides is 1. The molecule has 0 radical (unpaired) electrons. The number of fused-ring (bicyclic) bond motifs is 7. The average molecular weight is 547 g/mol. The second kappa shape index (κ2) is 9.14. The Morgan fingerprint density at radius 3 is 2.35 bits per heavy atom. The predicted molar refractivity (Wildman–Crippen MR) is 157 cm³/mol. The first-order valence-corrected chi connectivity index (χ1v) is 15.7. The smallest absolute Gasteiger partial charge is 0.220 e. The highest BCUT2D eigenvalue weighted by atomic mass is 16.1. The number of ketones is 2. The van der Waals surface area contributed by atoms with Gasteiger partial charge in [-0.25, -0.2) is 0 Å². The van der Waals surface area contributed by atoms with Crippen LogP contribution < -0.4 is 5.32 Å². The normalized spacial score (nSPS) is 43.1. The number of rotatable bonds is 4. The molecular formula is C35H50N2O3. The van der Waals surface area contributed by atoms with Crippen molar-refractivity contribution in [2.24, 2.45) is 50.2 Å². The van der Waals surface area contributed by atoms with Crippen molar-refractivity contribution in [2.45, 2.75) is 113 Å². The lowest BCUT2D eigenvalue weighted by Crippen LogP contribution is -2.64. The molecule has 0 spiro atoms. The highest BCUT2D eigenvalue weighted by molar-refractivity contribution is 6.04. The van der Waals surface area contributed by atoms with Gasteiger partial charge in [-0.05, 0) is 97.9 Å². The van der Waals surface area contributed by atoms with Gasteiger partial charge >= 0.3 is 0 Å². The fourth-order valence-corrected chi connectivity index (χ4v) is 10.8. The molecule has 3 fully saturated rings. The summed E-state index contributed by atoms with van der Waals surface area (Å²) in [6, 6.07) is 2.20. The van der Waals surface area contributed by atoms with Crippen molar-refractivity contribution in [2.75, 3.05) is 6.54 Å². The van der Waals surface area contributed by atoms with Crippen molar-refractivity contribution >= 4 is 17.5 Å². The predicted octanol–water partition coefficient (Wildman–Crippen LogP) is 7.12. The van der Waals surface area contributed by atoms with E-state index in [0.717, 1.165) is 56.9 Å². The Morgan fingerprint density at radius 2 is 1.70 bits per heavy atom. The Kier molecular flexibility index (Phi) is 6.69. The number of hydrogen-bond acceptors (Lipinski definition) is 4. The minimum Gasteiger partial charge on any atom is -0.356 e. The van der Waals surface area contributed by atoms with Crippen molar-refractivity contribution in [3.63, 3.8) is 0 Å². The molecule has 5 aliphatic carbocycles. The highest BCUT2D eigenvalue weighted by Gasteiger charge is 2.69. The molecule has 5 nitrogen and oxygen atoms in total. The molecule has 1 N–H and O–H groups in total. The molecular weight excluding hydrogens is 496 g/mol. The molecule has 0 heterocycles. The first-order valence-electron chi connectivity index (χ1n) is 15.7. The molecule has 0 aromatic carbocycles. The zero-order valence-corrected chi connectivity index (χ0v) is 26.1. The number of nitriles is 1. The van der Waals surface area contributed by atoms with E-state index >= 15 is 0 Å². The van der Waals surface area contributed by atoms with Crippen LogP contribution >= 0.6 is 0 Å². The Morgan fingerprint density at radius 1 is 1.02 bits per heavy atom. The van der Waals surface area contributed by atoms with Crippen molar-refractivity contribution < 1.29 is 14.4 Å². The fourth-order valence-electron chi connectivity index (χ4n) is 10.8. The molecule has 5 aliphatic rings. The average Bonchev–Trinajstić information content (AvgIpc) is 2.87. The second-order valence-corrected chi connectivity index (χ2v) is 16.1. The molecule has 0 aromatic heterocycles. The maximum absolute atomic E-state index is 14.6. The standard InChI is InChI=1S/C35H50N2O3/c1-9-37-27(39)11-13-35-16-14-30(2,3)20-23(35)28-24(38)18-26-32(6)19-22(21-36)29(40)31(4,5)25(32)10-12-33(26,7)34(28,8)15-17-35/h18-19,23,25,28H,9-17,20H2,1-8H3,(H,37,39)/t23?,25?,28?,32-,33+,34+,35+/m0/s1. The molecule has 218 valence electrons. The quantitative estimate of drug-likeness (QED) is 0.407. The van der Waals surface area contributed by atoms with E-state index in [1.54, 1.807) is 0 Å². The summed E-state index contributed by atoms with van der Waals surface area (Å²) < 4.78 is 0. The summed E-state index contributed by atoms with van der Waals surface area (Å²) in [5, 5.41) is 12.9. The second-order valence-electron chi connectivity index (χ2n) is 16.1. The lowest BCUT2D eigenvalue weighted by atomic mass is 9.34. The summed E-state index contributed by atoms with van der Waals surface area (Å²) in [6.07, 6.45) is 12.4. The van der Waals surface area contributed by atoms with Gasteiger partial charge in [0.05, 0.1) is 5.57 Å². The van der Waals surface area contributed by atoms with Crippen LogP contribution in [0.5, 0.6) is 0 Å². The van der Waals surface area contributed by atoms with Crippen LogP contribution in [0.2, 0.25) is 0 Å². The monoisotopic (exact) mass is 546 g/mol. The maximum Gasteiger partial charge on any atom is 0.220 e. The number of nitrogens with one attached hydrogen (secondary N) is 1. The van der Waals surface area contributed by atoms with Crippen LogP contribution in [-0.4, -0.2) is 24.0 Å². The molecule has 5 heteroatoms. The number of carbonyl (C=O) groups excluding carboxylic acids is 3. The van der Waals surface area contributed by atoms with Gasteiger partial charge < -0.3 is 5.32 Å². The van der Waals surface area contributed by atoms with Gasteiger partial charge in [-0.15, -0.1) is 0 Å². The Labute approximate surface area is 241 Å². The van der Waals surface area contributed by atoms with E-state index in [-0.39, 0.29) is 62.5 Å². The number of Topliss-reactive ketones (excluding diaryl/α,β-unsaturated/α-hetero) is 1. The molecule has 5 rings (SSSR count). The van der Waals surface area contributed by atoms with Gasteiger partial charge in [-0.3, -0.25) is 14.4 Å². The molecule has 40 heavy (non-hydrogen) atoms. The molecule has 0 saturated heterocycles. The number of carbonyl (C=O) groups is 3. The first kappa shape index (κ1) is 29.3. The van der Waals surface area contributed by atoms with Crippen LogP contribution in [0.3, 0.4) is 0 Å². The van der Waals surface area contributed by atoms with Gasteiger partial charge in [0.15, 0.2) is 11.6 Å². The van der Waals surface area contributed by atoms with Crippen molar-refractivity contribution in [3.05, 3.63) is 23.3 Å². The highest BCUT2D eigenvalue weighted by Crippen LogP contribution is 2.75. The lowest BCUT2D eigenvalue weighted by Gasteiger charge is -2.69. The molecule has 0 aliphatic heterocycles. The van der Waals surface area contributed by atoms with Crippen LogP contribution in [0.4, 0.5) is 0 Å². The van der Waals surface area contributed by atoms with E-state index in [0.29, 0.717) is 13.0 Å². The zero-order valence-electron chi connectivity index (χ0n) is 26.1. The van der Waals surface area contributed by atoms with Gasteiger partial charge in [0.2, 0.25) is 5.91 Å². The van der Waals surface area contributed by atoms with Gasteiger partial charge in [-0.2, -0.15) is 5.26 Å². The largest absolute Gasteiger partial charge is 0.356 e. The Bertz CT molecular complexity index is 1250. The summed E-state index contributed by atoms with van der Waals surface area (Å²) in [4.78, 5) is 40.4. The van der Waals surface area contributed by atoms with Crippen LogP contribution in [0.1, 0.15) is 113 Å². The van der Waals surface area contributed by atoms with Gasteiger partial charge in [0.25, 0.3) is 0 Å². The third kappa shape index (κ3) is 3.87. The molecule has 1 amide bonds. The summed E-state index contributed by atoms with van der Waals surface area (Å²) >= 11 is 0. The van der Waals surface area contributed by atoms with E-state index in [9.17, 15) is 19.6 Å². The molecule has 7 atom stereocenters. The van der Waals surface area contributed by atoms with Crippen molar-refractivity contribution in [1.82, 2.24) is 5.32 Å². The van der Waals surface area contributed by atoms with Crippen LogP contribution in [-0.2, 0) is 14.4 Å². The van der Waals surface area contributed by atoms with Gasteiger partial charge in [0.1, 0.15) is 6.07 Å². The first-order chi connectivity index (χ1) is 18.5. The maximum atomic E-state index is 14.6. The molecule has 3 saturated carbocycles. The van der Waals surface area contributed by atoms with Crippen molar-refractivity contribution in [3.8, 4) is 6.07 Å². The van der Waals surface area contributed by atoms with E-state index in [1.807, 2.05) is 32.9 Å². The summed E-state index contributed by atoms with van der Waals surface area (Å²) in [7, 11) is 0. The third-order valence-corrected chi connectivity index (χ3v) is 13.3. The summed E-state index contributed by atoms with van der Waals surface area (Å²) in [6.45, 7) is 18.3. The van der Waals surface area contributed by atoms with Crippen LogP contribution in [0.15, 0.2) is 23.3 Å².